The lowest BCUT2D eigenvalue weighted by Crippen LogP contribution is -2.48. The summed E-state index contributed by atoms with van der Waals surface area (Å²) < 4.78 is 32.6. The molecule has 2 atom stereocenters. The molecule has 0 spiro atoms. The zero-order valence-electron chi connectivity index (χ0n) is 15.0. The van der Waals surface area contributed by atoms with Gasteiger partial charge in [-0.3, -0.25) is 4.79 Å². The lowest BCUT2D eigenvalue weighted by Gasteiger charge is -2.34. The van der Waals surface area contributed by atoms with E-state index in [0.717, 1.165) is 13.1 Å². The van der Waals surface area contributed by atoms with Crippen molar-refractivity contribution in [2.75, 3.05) is 32.7 Å². The monoisotopic (exact) mass is 403 g/mol. The van der Waals surface area contributed by atoms with Gasteiger partial charge in [-0.05, 0) is 38.1 Å². The van der Waals surface area contributed by atoms with Gasteiger partial charge in [0.25, 0.3) is 5.91 Å². The van der Waals surface area contributed by atoms with Crippen LogP contribution in [0.4, 0.5) is 0 Å². The maximum atomic E-state index is 12.8. The molecule has 2 fully saturated rings. The van der Waals surface area contributed by atoms with Gasteiger partial charge in [0.15, 0.2) is 0 Å². The van der Waals surface area contributed by atoms with Crippen LogP contribution in [0.5, 0.6) is 0 Å². The Labute approximate surface area is 160 Å². The second kappa shape index (κ2) is 8.67. The second-order valence-corrected chi connectivity index (χ2v) is 8.78. The SMILES string of the molecule is CC1CN(S(=O)(=O)c2ccc(C(=O)NCC3CNC3)cc2)CC(C)O1.Cl. The maximum Gasteiger partial charge on any atom is 0.251 e. The van der Waals surface area contributed by atoms with E-state index in [1.165, 1.54) is 16.4 Å². The molecule has 146 valence electrons. The molecule has 26 heavy (non-hydrogen) atoms. The fourth-order valence-corrected chi connectivity index (χ4v) is 4.68. The predicted octanol–water partition coefficient (Wildman–Crippen LogP) is 0.856. The molecular formula is C17H26ClN3O4S. The number of hydrogen-bond donors (Lipinski definition) is 2. The van der Waals surface area contributed by atoms with Crippen LogP contribution in [0.15, 0.2) is 29.2 Å². The minimum absolute atomic E-state index is 0. The van der Waals surface area contributed by atoms with Crippen molar-refractivity contribution in [2.24, 2.45) is 5.92 Å². The van der Waals surface area contributed by atoms with Gasteiger partial charge in [0.2, 0.25) is 10.0 Å². The van der Waals surface area contributed by atoms with Crippen LogP contribution in [0.2, 0.25) is 0 Å². The van der Waals surface area contributed by atoms with Crippen molar-refractivity contribution < 1.29 is 17.9 Å². The van der Waals surface area contributed by atoms with Crippen molar-refractivity contribution in [1.82, 2.24) is 14.9 Å². The Morgan fingerprint density at radius 1 is 1.19 bits per heavy atom. The number of nitrogens with zero attached hydrogens (tertiary/aromatic N) is 1. The number of sulfonamides is 1. The largest absolute Gasteiger partial charge is 0.373 e. The Balaban J connectivity index is 0.00000243. The molecule has 2 unspecified atom stereocenters. The Morgan fingerprint density at radius 2 is 1.77 bits per heavy atom. The Morgan fingerprint density at radius 3 is 2.27 bits per heavy atom. The predicted molar refractivity (Wildman–Crippen MR) is 101 cm³/mol. The van der Waals surface area contributed by atoms with Crippen LogP contribution in [-0.2, 0) is 14.8 Å². The molecule has 2 aliphatic rings. The molecule has 2 heterocycles. The van der Waals surface area contributed by atoms with Crippen LogP contribution in [0, 0.1) is 5.92 Å². The highest BCUT2D eigenvalue weighted by molar-refractivity contribution is 7.89. The van der Waals surface area contributed by atoms with E-state index in [9.17, 15) is 13.2 Å². The number of morpholine rings is 1. The zero-order chi connectivity index (χ0) is 18.0. The van der Waals surface area contributed by atoms with Gasteiger partial charge >= 0.3 is 0 Å². The molecule has 0 aliphatic carbocycles. The molecule has 0 bridgehead atoms. The van der Waals surface area contributed by atoms with Gasteiger partial charge in [0.1, 0.15) is 0 Å². The van der Waals surface area contributed by atoms with E-state index in [4.69, 9.17) is 4.74 Å². The number of halogens is 1. The van der Waals surface area contributed by atoms with Gasteiger partial charge in [-0.25, -0.2) is 8.42 Å². The first-order valence-electron chi connectivity index (χ1n) is 8.61. The number of rotatable bonds is 5. The van der Waals surface area contributed by atoms with E-state index >= 15 is 0 Å². The summed E-state index contributed by atoms with van der Waals surface area (Å²) >= 11 is 0. The smallest absolute Gasteiger partial charge is 0.251 e. The van der Waals surface area contributed by atoms with Crippen molar-refractivity contribution in [3.05, 3.63) is 29.8 Å². The molecule has 0 aromatic heterocycles. The normalized spacial score (nSPS) is 24.4. The molecule has 0 radical (unpaired) electrons. The molecule has 0 saturated carbocycles. The Kier molecular flexibility index (Phi) is 7.04. The van der Waals surface area contributed by atoms with E-state index in [1.807, 2.05) is 13.8 Å². The van der Waals surface area contributed by atoms with Crippen LogP contribution in [0.25, 0.3) is 0 Å². The molecule has 7 nitrogen and oxygen atoms in total. The minimum Gasteiger partial charge on any atom is -0.373 e. The van der Waals surface area contributed by atoms with Gasteiger partial charge in [-0.2, -0.15) is 4.31 Å². The van der Waals surface area contributed by atoms with Crippen molar-refractivity contribution in [2.45, 2.75) is 31.0 Å². The summed E-state index contributed by atoms with van der Waals surface area (Å²) in [4.78, 5) is 12.3. The second-order valence-electron chi connectivity index (χ2n) is 6.84. The van der Waals surface area contributed by atoms with E-state index in [-0.39, 0.29) is 35.4 Å². The number of ether oxygens (including phenoxy) is 1. The van der Waals surface area contributed by atoms with Crippen LogP contribution < -0.4 is 10.6 Å². The number of benzene rings is 1. The average Bonchev–Trinajstić information content (AvgIpc) is 2.52. The van der Waals surface area contributed by atoms with Crippen molar-refractivity contribution >= 4 is 28.3 Å². The number of hydrogen-bond acceptors (Lipinski definition) is 5. The van der Waals surface area contributed by atoms with E-state index < -0.39 is 10.0 Å². The van der Waals surface area contributed by atoms with Gasteiger partial charge in [-0.1, -0.05) is 0 Å². The number of carbonyl (C=O) groups is 1. The molecule has 2 saturated heterocycles. The topological polar surface area (TPSA) is 87.7 Å². The van der Waals surface area contributed by atoms with Gasteiger partial charge in [-0.15, -0.1) is 12.4 Å². The molecule has 3 rings (SSSR count). The first-order chi connectivity index (χ1) is 11.9. The van der Waals surface area contributed by atoms with Crippen molar-refractivity contribution in [1.29, 1.82) is 0 Å². The first-order valence-corrected chi connectivity index (χ1v) is 10.0. The molecule has 1 aromatic rings. The highest BCUT2D eigenvalue weighted by Gasteiger charge is 2.32. The van der Waals surface area contributed by atoms with Crippen LogP contribution >= 0.6 is 12.4 Å². The first kappa shape index (κ1) is 21.1. The fraction of sp³-hybridized carbons (Fsp3) is 0.588. The fourth-order valence-electron chi connectivity index (χ4n) is 3.09. The molecule has 2 N–H and O–H groups in total. The van der Waals surface area contributed by atoms with Gasteiger partial charge in [0, 0.05) is 44.2 Å². The summed E-state index contributed by atoms with van der Waals surface area (Å²) in [6.45, 7) is 6.89. The summed E-state index contributed by atoms with van der Waals surface area (Å²) in [5, 5.41) is 6.03. The third-order valence-electron chi connectivity index (χ3n) is 4.56. The van der Waals surface area contributed by atoms with Gasteiger partial charge < -0.3 is 15.4 Å². The third-order valence-corrected chi connectivity index (χ3v) is 6.40. The standard InChI is InChI=1S/C17H25N3O4S.ClH/c1-12-10-20(11-13(2)24-12)25(22,23)16-5-3-15(4-6-16)17(21)19-9-14-7-18-8-14;/h3-6,12-14,18H,7-11H2,1-2H3,(H,19,21);1H. The Bertz CT molecular complexity index is 712. The minimum atomic E-state index is -3.58. The summed E-state index contributed by atoms with van der Waals surface area (Å²) in [7, 11) is -3.58. The third kappa shape index (κ3) is 4.75. The van der Waals surface area contributed by atoms with Crippen LogP contribution in [-0.4, -0.2) is 63.6 Å². The maximum absolute atomic E-state index is 12.8. The number of nitrogens with one attached hydrogen (secondary N) is 2. The quantitative estimate of drug-likeness (QED) is 0.761. The molecular weight excluding hydrogens is 378 g/mol. The van der Waals surface area contributed by atoms with Crippen molar-refractivity contribution in [3.63, 3.8) is 0 Å². The average molecular weight is 404 g/mol. The van der Waals surface area contributed by atoms with Crippen LogP contribution in [0.3, 0.4) is 0 Å². The molecule has 1 amide bonds. The molecule has 9 heteroatoms. The number of carbonyl (C=O) groups excluding carboxylic acids is 1. The lowest BCUT2D eigenvalue weighted by molar-refractivity contribution is -0.0440. The van der Waals surface area contributed by atoms with E-state index in [0.29, 0.717) is 31.1 Å². The highest BCUT2D eigenvalue weighted by Crippen LogP contribution is 2.21. The summed E-state index contributed by atoms with van der Waals surface area (Å²) in [6.07, 6.45) is -0.269. The summed E-state index contributed by atoms with van der Waals surface area (Å²) in [5.74, 6) is 0.304. The van der Waals surface area contributed by atoms with E-state index in [1.54, 1.807) is 12.1 Å². The lowest BCUT2D eigenvalue weighted by atomic mass is 10.0. The summed E-state index contributed by atoms with van der Waals surface area (Å²) in [6, 6.07) is 6.13. The molecule has 1 aromatic carbocycles. The summed E-state index contributed by atoms with van der Waals surface area (Å²) in [5.41, 5.74) is 0.468. The highest BCUT2D eigenvalue weighted by atomic mass is 35.5. The number of amides is 1. The van der Waals surface area contributed by atoms with E-state index in [2.05, 4.69) is 10.6 Å². The Hall–Kier alpha value is -1.19. The van der Waals surface area contributed by atoms with Gasteiger partial charge in [0.05, 0.1) is 17.1 Å². The molecule has 2 aliphatic heterocycles. The van der Waals surface area contributed by atoms with Crippen LogP contribution in [0.1, 0.15) is 24.2 Å². The van der Waals surface area contributed by atoms with Crippen molar-refractivity contribution in [3.8, 4) is 0 Å². The zero-order valence-corrected chi connectivity index (χ0v) is 16.6.